The molecule has 0 saturated carbocycles. The minimum absolute atomic E-state index is 0.238. The predicted molar refractivity (Wildman–Crippen MR) is 77.4 cm³/mol. The molecule has 3 heterocycles. The first-order valence-electron chi connectivity index (χ1n) is 7.53. The van der Waals surface area contributed by atoms with Gasteiger partial charge in [0.1, 0.15) is 36.6 Å². The van der Waals surface area contributed by atoms with E-state index in [4.69, 9.17) is 27.6 Å². The second-order valence-electron chi connectivity index (χ2n) is 5.98. The Bertz CT molecular complexity index is 585. The van der Waals surface area contributed by atoms with Crippen LogP contribution in [0.5, 0.6) is 0 Å². The first kappa shape index (κ1) is 19.8. The van der Waals surface area contributed by atoms with Gasteiger partial charge in [-0.3, -0.25) is 18.1 Å². The fourth-order valence-corrected chi connectivity index (χ4v) is 4.69. The number of fused-ring (bicyclic) bond motifs is 3. The van der Waals surface area contributed by atoms with Crippen molar-refractivity contribution >= 4 is 15.6 Å². The smallest absolute Gasteiger partial charge is 0.388 e. The topological polar surface area (TPSA) is 170 Å². The van der Waals surface area contributed by atoms with E-state index >= 15 is 0 Å². The number of ether oxygens (including phenoxy) is 2. The Morgan fingerprint density at radius 2 is 1.44 bits per heavy atom. The largest absolute Gasteiger partial charge is 0.472 e. The molecule has 0 aromatic heterocycles. The maximum Gasteiger partial charge on any atom is 0.472 e. The maximum absolute atomic E-state index is 12.1. The number of aliphatic hydroxyl groups excluding tert-OH is 2. The fourth-order valence-electron chi connectivity index (χ4n) is 2.80. The van der Waals surface area contributed by atoms with Gasteiger partial charge in [0.2, 0.25) is 0 Å². The van der Waals surface area contributed by atoms with Crippen LogP contribution in [-0.2, 0) is 36.7 Å². The normalized spacial score (nSPS) is 55.0. The number of rotatable bonds is 0. The molecule has 3 aliphatic rings. The minimum Gasteiger partial charge on any atom is -0.388 e. The molecule has 0 aliphatic carbocycles. The zero-order valence-corrected chi connectivity index (χ0v) is 14.9. The van der Waals surface area contributed by atoms with Crippen LogP contribution in [0, 0.1) is 0 Å². The highest BCUT2D eigenvalue weighted by atomic mass is 31.2. The summed E-state index contributed by atoms with van der Waals surface area (Å²) in [7, 11) is -9.22. The molecular formula is C11H20O12P2. The molecule has 3 rings (SSSR count). The van der Waals surface area contributed by atoms with E-state index in [1.807, 2.05) is 0 Å². The molecule has 0 spiro atoms. The molecule has 4 N–H and O–H groups in total. The van der Waals surface area contributed by atoms with Gasteiger partial charge >= 0.3 is 15.6 Å². The van der Waals surface area contributed by atoms with Crippen molar-refractivity contribution in [3.05, 3.63) is 0 Å². The first-order valence-corrected chi connectivity index (χ1v) is 10.5. The highest BCUT2D eigenvalue weighted by Gasteiger charge is 2.49. The van der Waals surface area contributed by atoms with Crippen LogP contribution in [0.3, 0.4) is 0 Å². The van der Waals surface area contributed by atoms with Gasteiger partial charge in [-0.25, -0.2) is 9.13 Å². The molecule has 0 aromatic carbocycles. The van der Waals surface area contributed by atoms with E-state index in [2.05, 4.69) is 0 Å². The van der Waals surface area contributed by atoms with E-state index in [0.717, 1.165) is 0 Å². The van der Waals surface area contributed by atoms with Gasteiger partial charge < -0.3 is 29.5 Å². The Labute approximate surface area is 142 Å². The lowest BCUT2D eigenvalue weighted by Gasteiger charge is -2.24. The lowest BCUT2D eigenvalue weighted by atomic mass is 10.1. The number of aliphatic hydroxyl groups is 2. The fraction of sp³-hybridized carbons (Fsp3) is 1.00. The van der Waals surface area contributed by atoms with Crippen LogP contribution in [0.4, 0.5) is 0 Å². The second-order valence-corrected chi connectivity index (χ2v) is 8.79. The monoisotopic (exact) mass is 406 g/mol. The summed E-state index contributed by atoms with van der Waals surface area (Å²) in [5, 5.41) is 20.1. The molecule has 14 heteroatoms. The van der Waals surface area contributed by atoms with Crippen LogP contribution in [-0.4, -0.2) is 82.5 Å². The maximum atomic E-state index is 12.1. The summed E-state index contributed by atoms with van der Waals surface area (Å²) < 4.78 is 54.0. The SMILES string of the molecule is CC1OC2COP(=O)(O)OC3COC(COP(=O)(O)OC2C1O)C3O. The highest BCUT2D eigenvalue weighted by molar-refractivity contribution is 7.47. The molecular weight excluding hydrogens is 386 g/mol. The molecule has 0 aromatic rings. The molecule has 9 unspecified atom stereocenters. The Morgan fingerprint density at radius 3 is 2.12 bits per heavy atom. The number of phosphoric acid groups is 2. The standard InChI is InChI=1S/C11H20O12P2/c1-5-9(12)11-8(21-5)4-20-24(14,15)22-7-2-18-6(10(7)13)3-19-25(16,17)23-11/h5-13H,2-4H2,1H3,(H,14,15)(H,16,17). The number of hydrogen-bond donors (Lipinski definition) is 4. The van der Waals surface area contributed by atoms with Crippen LogP contribution in [0.25, 0.3) is 0 Å². The Balaban J connectivity index is 1.83. The third kappa shape index (κ3) is 4.49. The molecule has 25 heavy (non-hydrogen) atoms. The summed E-state index contributed by atoms with van der Waals surface area (Å²) in [5.74, 6) is 0. The van der Waals surface area contributed by atoms with Crippen LogP contribution < -0.4 is 0 Å². The highest BCUT2D eigenvalue weighted by Crippen LogP contribution is 2.51. The van der Waals surface area contributed by atoms with Crippen molar-refractivity contribution in [2.45, 2.75) is 49.7 Å². The molecule has 2 bridgehead atoms. The van der Waals surface area contributed by atoms with Gasteiger partial charge in [-0.1, -0.05) is 0 Å². The Morgan fingerprint density at radius 1 is 0.840 bits per heavy atom. The zero-order chi connectivity index (χ0) is 18.4. The molecule has 0 amide bonds. The molecule has 9 atom stereocenters. The quantitative estimate of drug-likeness (QED) is 0.359. The van der Waals surface area contributed by atoms with Gasteiger partial charge in [-0.05, 0) is 6.92 Å². The van der Waals surface area contributed by atoms with Crippen molar-refractivity contribution in [3.8, 4) is 0 Å². The van der Waals surface area contributed by atoms with E-state index < -0.39 is 71.6 Å². The molecule has 3 aliphatic heterocycles. The lowest BCUT2D eigenvalue weighted by Crippen LogP contribution is -2.36. The Hall–Kier alpha value is 0.0600. The summed E-state index contributed by atoms with van der Waals surface area (Å²) in [6.45, 7) is 0.160. The minimum atomic E-state index is -4.64. The zero-order valence-electron chi connectivity index (χ0n) is 13.1. The van der Waals surface area contributed by atoms with E-state index in [9.17, 15) is 29.1 Å². The predicted octanol–water partition coefficient (Wildman–Crippen LogP) is -1.09. The Kier molecular flexibility index (Phi) is 5.73. The van der Waals surface area contributed by atoms with Crippen LogP contribution in [0.15, 0.2) is 0 Å². The van der Waals surface area contributed by atoms with Gasteiger partial charge in [0, 0.05) is 0 Å². The summed E-state index contributed by atoms with van der Waals surface area (Å²) in [6.07, 6.45) is -8.16. The summed E-state index contributed by atoms with van der Waals surface area (Å²) in [5.41, 5.74) is 0. The van der Waals surface area contributed by atoms with E-state index in [0.29, 0.717) is 0 Å². The lowest BCUT2D eigenvalue weighted by molar-refractivity contribution is -0.0291. The van der Waals surface area contributed by atoms with Crippen molar-refractivity contribution in [1.82, 2.24) is 0 Å². The third-order valence-corrected chi connectivity index (χ3v) is 6.14. The third-order valence-electron chi connectivity index (χ3n) is 4.14. The molecule has 3 saturated heterocycles. The molecule has 3 fully saturated rings. The first-order chi connectivity index (χ1) is 11.6. The molecule has 12 nitrogen and oxygen atoms in total. The van der Waals surface area contributed by atoms with Gasteiger partial charge in [0.15, 0.2) is 0 Å². The van der Waals surface area contributed by atoms with Gasteiger partial charge in [0.25, 0.3) is 0 Å². The van der Waals surface area contributed by atoms with Gasteiger partial charge in [-0.15, -0.1) is 0 Å². The average molecular weight is 406 g/mol. The molecule has 0 radical (unpaired) electrons. The van der Waals surface area contributed by atoms with E-state index in [1.165, 1.54) is 6.92 Å². The van der Waals surface area contributed by atoms with Crippen molar-refractivity contribution in [3.63, 3.8) is 0 Å². The molecule has 146 valence electrons. The number of phosphoric ester groups is 2. The number of hydrogen-bond acceptors (Lipinski definition) is 10. The summed E-state index contributed by atoms with van der Waals surface area (Å²) in [4.78, 5) is 19.6. The second kappa shape index (κ2) is 7.23. The van der Waals surface area contributed by atoms with E-state index in [-0.39, 0.29) is 6.61 Å². The van der Waals surface area contributed by atoms with Crippen molar-refractivity contribution in [2.75, 3.05) is 19.8 Å². The van der Waals surface area contributed by atoms with Crippen LogP contribution in [0.1, 0.15) is 6.92 Å². The van der Waals surface area contributed by atoms with Gasteiger partial charge in [-0.2, -0.15) is 0 Å². The average Bonchev–Trinajstić information content (AvgIpc) is 2.98. The van der Waals surface area contributed by atoms with E-state index in [1.54, 1.807) is 0 Å². The van der Waals surface area contributed by atoms with Crippen LogP contribution >= 0.6 is 15.6 Å². The summed E-state index contributed by atoms with van der Waals surface area (Å²) in [6, 6.07) is 0. The van der Waals surface area contributed by atoms with Gasteiger partial charge in [0.05, 0.1) is 25.9 Å². The van der Waals surface area contributed by atoms with Crippen molar-refractivity contribution < 1.29 is 56.7 Å². The van der Waals surface area contributed by atoms with Crippen LogP contribution in [0.2, 0.25) is 0 Å². The summed E-state index contributed by atoms with van der Waals surface area (Å²) >= 11 is 0. The van der Waals surface area contributed by atoms with Crippen molar-refractivity contribution in [2.24, 2.45) is 0 Å². The van der Waals surface area contributed by atoms with Crippen molar-refractivity contribution in [1.29, 1.82) is 0 Å².